The molecule has 5 aliphatic rings. The highest BCUT2D eigenvalue weighted by molar-refractivity contribution is 6.23. The molecule has 4 fully saturated rings. The first kappa shape index (κ1) is 27.5. The number of ether oxygens (including phenoxy) is 1. The van der Waals surface area contributed by atoms with Crippen molar-refractivity contribution in [2.75, 3.05) is 35.3 Å². The normalized spacial score (nSPS) is 27.5. The molecule has 43 heavy (non-hydrogen) atoms. The molecule has 1 atom stereocenters. The average Bonchev–Trinajstić information content (AvgIpc) is 3.07. The fraction of sp³-hybridized carbons (Fsp3) is 0.400. The molecule has 4 aliphatic carbocycles. The Bertz CT molecular complexity index is 1510. The van der Waals surface area contributed by atoms with Gasteiger partial charge >= 0.3 is 6.09 Å². The minimum absolute atomic E-state index is 0.325. The molecule has 3 amide bonds. The lowest BCUT2D eigenvalue weighted by atomic mass is 9.52. The van der Waals surface area contributed by atoms with Crippen molar-refractivity contribution < 1.29 is 19.1 Å². The monoisotopic (exact) mass is 578 g/mol. The van der Waals surface area contributed by atoms with E-state index in [9.17, 15) is 14.4 Å². The van der Waals surface area contributed by atoms with Gasteiger partial charge in [0, 0.05) is 38.1 Å². The second-order valence-electron chi connectivity index (χ2n) is 12.9. The van der Waals surface area contributed by atoms with Crippen LogP contribution in [-0.2, 0) is 9.59 Å². The van der Waals surface area contributed by atoms with Gasteiger partial charge in [-0.1, -0.05) is 36.4 Å². The van der Waals surface area contributed by atoms with E-state index in [-0.39, 0.29) is 0 Å². The summed E-state index contributed by atoms with van der Waals surface area (Å²) >= 11 is 0. The summed E-state index contributed by atoms with van der Waals surface area (Å²) in [5.74, 6) is 2.59. The lowest BCUT2D eigenvalue weighted by molar-refractivity contribution is -0.129. The topological polar surface area (TPSA) is 82.2 Å². The molecule has 0 saturated heterocycles. The Balaban J connectivity index is 1.24. The minimum Gasteiger partial charge on any atom is -0.410 e. The highest BCUT2D eigenvalue weighted by Gasteiger charge is 2.50. The second kappa shape index (κ2) is 11.1. The summed E-state index contributed by atoms with van der Waals surface area (Å²) < 4.78 is 5.61. The number of hydrogen-bond donors (Lipinski definition) is 1. The van der Waals surface area contributed by atoms with Gasteiger partial charge in [0.2, 0.25) is 0 Å². The molecule has 0 aromatic heterocycles. The van der Waals surface area contributed by atoms with Gasteiger partial charge in [0.1, 0.15) is 5.75 Å². The first-order chi connectivity index (χ1) is 20.9. The number of nitrogens with one attached hydrogen (secondary N) is 1. The number of para-hydroxylation sites is 3. The van der Waals surface area contributed by atoms with Crippen LogP contribution in [0.4, 0.5) is 27.5 Å². The van der Waals surface area contributed by atoms with Crippen LogP contribution >= 0.6 is 0 Å². The fourth-order valence-corrected chi connectivity index (χ4v) is 8.29. The van der Waals surface area contributed by atoms with Crippen LogP contribution in [0.3, 0.4) is 0 Å². The fourth-order valence-electron chi connectivity index (χ4n) is 8.29. The summed E-state index contributed by atoms with van der Waals surface area (Å²) in [6, 6.07) is 22.5. The Hall–Kier alpha value is -4.33. The molecular formula is C35H38N4O4. The third kappa shape index (κ3) is 5.13. The number of hydrogen-bond acceptors (Lipinski definition) is 5. The van der Waals surface area contributed by atoms with Crippen molar-refractivity contribution >= 4 is 40.7 Å². The molecule has 8 nitrogen and oxygen atoms in total. The van der Waals surface area contributed by atoms with Crippen LogP contribution in [0.15, 0.2) is 78.9 Å². The van der Waals surface area contributed by atoms with Crippen molar-refractivity contribution in [2.24, 2.45) is 29.6 Å². The summed E-state index contributed by atoms with van der Waals surface area (Å²) in [6.45, 7) is 0.540. The van der Waals surface area contributed by atoms with E-state index in [0.29, 0.717) is 47.1 Å². The first-order valence-corrected chi connectivity index (χ1v) is 15.4. The van der Waals surface area contributed by atoms with Gasteiger partial charge in [-0.05, 0) is 98.1 Å². The molecule has 8 rings (SSSR count). The Morgan fingerprint density at radius 2 is 1.47 bits per heavy atom. The molecule has 1 N–H and O–H groups in total. The molecule has 0 spiro atoms. The van der Waals surface area contributed by atoms with Crippen molar-refractivity contribution in [1.82, 2.24) is 5.32 Å². The van der Waals surface area contributed by atoms with Crippen molar-refractivity contribution in [3.8, 4) is 5.75 Å². The minimum atomic E-state index is -1.45. The molecule has 3 aromatic rings. The van der Waals surface area contributed by atoms with Gasteiger partial charge in [0.15, 0.2) is 6.04 Å². The maximum Gasteiger partial charge on any atom is 0.413 e. The highest BCUT2D eigenvalue weighted by atomic mass is 16.6. The molecule has 4 saturated carbocycles. The van der Waals surface area contributed by atoms with E-state index in [0.717, 1.165) is 17.5 Å². The van der Waals surface area contributed by atoms with E-state index < -0.39 is 23.9 Å². The van der Waals surface area contributed by atoms with Crippen molar-refractivity contribution in [3.05, 3.63) is 78.9 Å². The van der Waals surface area contributed by atoms with Crippen LogP contribution in [0.2, 0.25) is 0 Å². The Kier molecular flexibility index (Phi) is 7.07. The zero-order valence-electron chi connectivity index (χ0n) is 24.7. The standard InChI is InChI=1S/C35H38N4O4/c1-37(2)27-11-8-12-28(20-27)43-35(42)36-32-33(40)38(21-29-24-16-22-15-23(18-24)19-25(29)17-22)30-13-6-7-14-31(30)39(34(32)41)26-9-4-3-5-10-26/h3-14,20,22-25,29,32H,15-19,21H2,1-2H3,(H,36,42). The van der Waals surface area contributed by atoms with Gasteiger partial charge in [-0.15, -0.1) is 0 Å². The Morgan fingerprint density at radius 1 is 0.814 bits per heavy atom. The smallest absolute Gasteiger partial charge is 0.410 e. The predicted molar refractivity (Wildman–Crippen MR) is 167 cm³/mol. The van der Waals surface area contributed by atoms with Crippen LogP contribution in [0, 0.1) is 29.6 Å². The highest BCUT2D eigenvalue weighted by Crippen LogP contribution is 2.57. The maximum absolute atomic E-state index is 14.5. The van der Waals surface area contributed by atoms with Crippen molar-refractivity contribution in [2.45, 2.75) is 38.1 Å². The zero-order valence-corrected chi connectivity index (χ0v) is 24.7. The third-order valence-electron chi connectivity index (χ3n) is 10.0. The average molecular weight is 579 g/mol. The lowest BCUT2D eigenvalue weighted by Gasteiger charge is -2.55. The quantitative estimate of drug-likeness (QED) is 0.363. The first-order valence-electron chi connectivity index (χ1n) is 15.4. The van der Waals surface area contributed by atoms with Gasteiger partial charge in [0.05, 0.1) is 11.4 Å². The van der Waals surface area contributed by atoms with Crippen LogP contribution in [0.1, 0.15) is 32.1 Å². The van der Waals surface area contributed by atoms with E-state index >= 15 is 0 Å². The van der Waals surface area contributed by atoms with Crippen LogP contribution < -0.4 is 24.8 Å². The molecule has 222 valence electrons. The van der Waals surface area contributed by atoms with Crippen LogP contribution in [0.25, 0.3) is 0 Å². The molecule has 3 aromatic carbocycles. The van der Waals surface area contributed by atoms with Crippen molar-refractivity contribution in [3.63, 3.8) is 0 Å². The van der Waals surface area contributed by atoms with Crippen molar-refractivity contribution in [1.29, 1.82) is 0 Å². The molecule has 1 heterocycles. The van der Waals surface area contributed by atoms with Gasteiger partial charge in [-0.3, -0.25) is 14.5 Å². The summed E-state index contributed by atoms with van der Waals surface area (Å²) in [4.78, 5) is 47.4. The number of nitrogens with zero attached hydrogens (tertiary/aromatic N) is 3. The van der Waals surface area contributed by atoms with Gasteiger partial charge in [-0.2, -0.15) is 0 Å². The number of fused-ring (bicyclic) bond motifs is 1. The van der Waals surface area contributed by atoms with E-state index in [2.05, 4.69) is 5.32 Å². The van der Waals surface area contributed by atoms with E-state index in [1.165, 1.54) is 32.1 Å². The molecule has 1 unspecified atom stereocenters. The largest absolute Gasteiger partial charge is 0.413 e. The Labute approximate surface area is 252 Å². The number of amides is 3. The number of carbonyl (C=O) groups is 3. The second-order valence-corrected chi connectivity index (χ2v) is 12.9. The zero-order chi connectivity index (χ0) is 29.7. The number of carbonyl (C=O) groups excluding carboxylic acids is 3. The summed E-state index contributed by atoms with van der Waals surface area (Å²) in [5.41, 5.74) is 2.81. The number of rotatable bonds is 6. The number of anilines is 4. The van der Waals surface area contributed by atoms with Gasteiger partial charge < -0.3 is 19.9 Å². The summed E-state index contributed by atoms with van der Waals surface area (Å²) in [7, 11) is 3.80. The van der Waals surface area contributed by atoms with Crippen LogP contribution in [-0.4, -0.2) is 44.6 Å². The SMILES string of the molecule is CN(C)c1cccc(OC(=O)NC2C(=O)N(CC3C4CC5CC(C4)CC3C5)c3ccccc3N(c3ccccc3)C2=O)c1. The molecular weight excluding hydrogens is 540 g/mol. The lowest BCUT2D eigenvalue weighted by Crippen LogP contribution is -2.57. The molecule has 4 bridgehead atoms. The summed E-state index contributed by atoms with van der Waals surface area (Å²) in [5, 5.41) is 2.66. The Morgan fingerprint density at radius 3 is 2.14 bits per heavy atom. The molecule has 1 aliphatic heterocycles. The number of benzene rings is 3. The van der Waals surface area contributed by atoms with Crippen LogP contribution in [0.5, 0.6) is 5.75 Å². The van der Waals surface area contributed by atoms with Gasteiger partial charge in [0.25, 0.3) is 11.8 Å². The van der Waals surface area contributed by atoms with E-state index in [4.69, 9.17) is 4.74 Å². The molecule has 8 heteroatoms. The molecule has 0 radical (unpaired) electrons. The van der Waals surface area contributed by atoms with E-state index in [1.807, 2.05) is 79.7 Å². The predicted octanol–water partition coefficient (Wildman–Crippen LogP) is 5.99. The maximum atomic E-state index is 14.5. The third-order valence-corrected chi connectivity index (χ3v) is 10.0. The van der Waals surface area contributed by atoms with Gasteiger partial charge in [-0.25, -0.2) is 4.79 Å². The summed E-state index contributed by atoms with van der Waals surface area (Å²) in [6.07, 6.45) is 5.44. The van der Waals surface area contributed by atoms with E-state index in [1.54, 1.807) is 28.0 Å².